The van der Waals surface area contributed by atoms with Crippen LogP contribution in [0.15, 0.2) is 36.5 Å². The molecule has 19 heavy (non-hydrogen) atoms. The molecule has 1 N–H and O–H groups in total. The number of nitrogens with zero attached hydrogens (tertiary/aromatic N) is 1. The van der Waals surface area contributed by atoms with E-state index >= 15 is 0 Å². The van der Waals surface area contributed by atoms with E-state index in [9.17, 15) is 4.79 Å². The number of hydrogen-bond donors (Lipinski definition) is 1. The van der Waals surface area contributed by atoms with E-state index in [1.54, 1.807) is 18.3 Å². The monoisotopic (exact) mass is 256 g/mol. The summed E-state index contributed by atoms with van der Waals surface area (Å²) < 4.78 is 5.00. The Hall–Kier alpha value is -2.36. The van der Waals surface area contributed by atoms with Gasteiger partial charge >= 0.3 is 0 Å². The Morgan fingerprint density at radius 1 is 1.16 bits per heavy atom. The van der Waals surface area contributed by atoms with Crippen LogP contribution in [0.25, 0.3) is 0 Å². The molecule has 0 saturated carbocycles. The minimum atomic E-state index is -0.175. The van der Waals surface area contributed by atoms with Crippen LogP contribution in [-0.2, 0) is 0 Å². The fraction of sp³-hybridized carbons (Fsp3) is 0.200. The summed E-state index contributed by atoms with van der Waals surface area (Å²) in [4.78, 5) is 16.1. The summed E-state index contributed by atoms with van der Waals surface area (Å²) in [5.74, 6) is 0.249. The van der Waals surface area contributed by atoms with E-state index in [0.29, 0.717) is 11.4 Å². The largest absolute Gasteiger partial charge is 0.481 e. The van der Waals surface area contributed by atoms with Crippen LogP contribution in [0.2, 0.25) is 0 Å². The maximum Gasteiger partial charge on any atom is 0.255 e. The molecule has 0 fully saturated rings. The minimum absolute atomic E-state index is 0.175. The number of carbonyl (C=O) groups is 1. The lowest BCUT2D eigenvalue weighted by Crippen LogP contribution is -2.12. The molecule has 98 valence electrons. The van der Waals surface area contributed by atoms with Crippen LogP contribution < -0.4 is 10.1 Å². The van der Waals surface area contributed by atoms with Gasteiger partial charge in [0, 0.05) is 23.5 Å². The highest BCUT2D eigenvalue weighted by Gasteiger charge is 2.08. The first-order valence-electron chi connectivity index (χ1n) is 5.98. The molecule has 1 amide bonds. The number of methoxy groups -OCH3 is 1. The Labute approximate surface area is 112 Å². The molecule has 0 aliphatic carbocycles. The van der Waals surface area contributed by atoms with Gasteiger partial charge in [-0.2, -0.15) is 0 Å². The minimum Gasteiger partial charge on any atom is -0.481 e. The van der Waals surface area contributed by atoms with Gasteiger partial charge in [-0.15, -0.1) is 0 Å². The number of amides is 1. The molecule has 0 unspecified atom stereocenters. The van der Waals surface area contributed by atoms with Crippen molar-refractivity contribution >= 4 is 11.6 Å². The molecule has 0 saturated heterocycles. The third kappa shape index (κ3) is 3.31. The van der Waals surface area contributed by atoms with Crippen LogP contribution in [-0.4, -0.2) is 18.0 Å². The van der Waals surface area contributed by atoms with Gasteiger partial charge in [0.2, 0.25) is 5.88 Å². The Morgan fingerprint density at radius 3 is 2.47 bits per heavy atom. The molecule has 0 bridgehead atoms. The lowest BCUT2D eigenvalue weighted by molar-refractivity contribution is 0.102. The highest BCUT2D eigenvalue weighted by atomic mass is 16.5. The normalized spacial score (nSPS) is 10.1. The highest BCUT2D eigenvalue weighted by Crippen LogP contribution is 2.16. The van der Waals surface area contributed by atoms with E-state index < -0.39 is 0 Å². The van der Waals surface area contributed by atoms with Crippen molar-refractivity contribution in [2.24, 2.45) is 0 Å². The van der Waals surface area contributed by atoms with Crippen molar-refractivity contribution in [2.45, 2.75) is 13.8 Å². The molecule has 1 heterocycles. The number of aryl methyl sites for hydroxylation is 2. The second-order valence-corrected chi connectivity index (χ2v) is 4.42. The maximum absolute atomic E-state index is 12.1. The van der Waals surface area contributed by atoms with Crippen LogP contribution in [0, 0.1) is 13.8 Å². The fourth-order valence-corrected chi connectivity index (χ4v) is 1.91. The number of hydrogen-bond acceptors (Lipinski definition) is 3. The molecule has 0 radical (unpaired) electrons. The Kier molecular flexibility index (Phi) is 3.80. The standard InChI is InChI=1S/C15H16N2O2/c1-10-6-11(2)8-13(7-10)17-15(18)12-4-5-16-14(9-12)19-3/h4-9H,1-3H3,(H,17,18). The zero-order valence-corrected chi connectivity index (χ0v) is 11.2. The van der Waals surface area contributed by atoms with Gasteiger partial charge in [0.05, 0.1) is 7.11 Å². The zero-order chi connectivity index (χ0) is 13.8. The predicted octanol–water partition coefficient (Wildman–Crippen LogP) is 2.96. The second-order valence-electron chi connectivity index (χ2n) is 4.42. The zero-order valence-electron chi connectivity index (χ0n) is 11.2. The first kappa shape index (κ1) is 13.1. The van der Waals surface area contributed by atoms with Crippen molar-refractivity contribution in [3.63, 3.8) is 0 Å². The molecule has 0 atom stereocenters. The van der Waals surface area contributed by atoms with E-state index in [1.807, 2.05) is 26.0 Å². The van der Waals surface area contributed by atoms with Crippen molar-refractivity contribution in [2.75, 3.05) is 12.4 Å². The first-order valence-corrected chi connectivity index (χ1v) is 5.98. The average Bonchev–Trinajstić information content (AvgIpc) is 2.37. The topological polar surface area (TPSA) is 51.2 Å². The summed E-state index contributed by atoms with van der Waals surface area (Å²) >= 11 is 0. The van der Waals surface area contributed by atoms with E-state index in [-0.39, 0.29) is 5.91 Å². The first-order chi connectivity index (χ1) is 9.08. The molecule has 0 aliphatic rings. The van der Waals surface area contributed by atoms with Gasteiger partial charge in [0.1, 0.15) is 0 Å². The number of rotatable bonds is 3. The SMILES string of the molecule is COc1cc(C(=O)Nc2cc(C)cc(C)c2)ccn1. The molecule has 1 aromatic carbocycles. The second kappa shape index (κ2) is 5.52. The third-order valence-corrected chi connectivity index (χ3v) is 2.69. The summed E-state index contributed by atoms with van der Waals surface area (Å²) in [6, 6.07) is 9.19. The predicted molar refractivity (Wildman–Crippen MR) is 74.7 cm³/mol. The third-order valence-electron chi connectivity index (χ3n) is 2.69. The Bertz CT molecular complexity index is 589. The fourth-order valence-electron chi connectivity index (χ4n) is 1.91. The van der Waals surface area contributed by atoms with Gasteiger partial charge in [-0.25, -0.2) is 4.98 Å². The van der Waals surface area contributed by atoms with Gasteiger partial charge in [-0.1, -0.05) is 6.07 Å². The van der Waals surface area contributed by atoms with Crippen molar-refractivity contribution in [1.29, 1.82) is 0 Å². The molecule has 1 aromatic heterocycles. The van der Waals surface area contributed by atoms with Gasteiger partial charge in [0.15, 0.2) is 0 Å². The van der Waals surface area contributed by atoms with Crippen LogP contribution in [0.3, 0.4) is 0 Å². The van der Waals surface area contributed by atoms with Crippen molar-refractivity contribution < 1.29 is 9.53 Å². The van der Waals surface area contributed by atoms with Gasteiger partial charge in [0.25, 0.3) is 5.91 Å². The van der Waals surface area contributed by atoms with E-state index in [2.05, 4.69) is 16.4 Å². The van der Waals surface area contributed by atoms with Gasteiger partial charge in [-0.05, 0) is 43.2 Å². The van der Waals surface area contributed by atoms with Crippen molar-refractivity contribution in [3.05, 3.63) is 53.2 Å². The number of aromatic nitrogens is 1. The molecule has 2 aromatic rings. The molecule has 2 rings (SSSR count). The molecule has 0 spiro atoms. The number of ether oxygens (including phenoxy) is 1. The quantitative estimate of drug-likeness (QED) is 0.918. The number of benzene rings is 1. The summed E-state index contributed by atoms with van der Waals surface area (Å²) in [5.41, 5.74) is 3.54. The van der Waals surface area contributed by atoms with Gasteiger partial charge in [-0.3, -0.25) is 4.79 Å². The van der Waals surface area contributed by atoms with Crippen LogP contribution in [0.4, 0.5) is 5.69 Å². The van der Waals surface area contributed by atoms with Gasteiger partial charge < -0.3 is 10.1 Å². The summed E-state index contributed by atoms with van der Waals surface area (Å²) in [6.07, 6.45) is 1.55. The molecular weight excluding hydrogens is 240 g/mol. The van der Waals surface area contributed by atoms with Crippen LogP contribution in [0.5, 0.6) is 5.88 Å². The number of pyridine rings is 1. The highest BCUT2D eigenvalue weighted by molar-refractivity contribution is 6.04. The van der Waals surface area contributed by atoms with Crippen LogP contribution in [0.1, 0.15) is 21.5 Å². The van der Waals surface area contributed by atoms with E-state index in [4.69, 9.17) is 4.74 Å². The summed E-state index contributed by atoms with van der Waals surface area (Å²) in [6.45, 7) is 4.00. The molecular formula is C15H16N2O2. The lowest BCUT2D eigenvalue weighted by atomic mass is 10.1. The van der Waals surface area contributed by atoms with E-state index in [1.165, 1.54) is 7.11 Å². The molecule has 4 heteroatoms. The number of anilines is 1. The maximum atomic E-state index is 12.1. The lowest BCUT2D eigenvalue weighted by Gasteiger charge is -2.08. The average molecular weight is 256 g/mol. The number of nitrogens with one attached hydrogen (secondary N) is 1. The van der Waals surface area contributed by atoms with Crippen LogP contribution >= 0.6 is 0 Å². The van der Waals surface area contributed by atoms with E-state index in [0.717, 1.165) is 16.8 Å². The summed E-state index contributed by atoms with van der Waals surface area (Å²) in [7, 11) is 1.52. The number of carbonyl (C=O) groups excluding carboxylic acids is 1. The Balaban J connectivity index is 2.20. The summed E-state index contributed by atoms with van der Waals surface area (Å²) in [5, 5.41) is 2.87. The van der Waals surface area contributed by atoms with Crippen molar-refractivity contribution in [3.8, 4) is 5.88 Å². The Morgan fingerprint density at radius 2 is 1.84 bits per heavy atom. The molecule has 0 aliphatic heterocycles. The molecule has 4 nitrogen and oxygen atoms in total. The van der Waals surface area contributed by atoms with Crippen molar-refractivity contribution in [1.82, 2.24) is 4.98 Å². The smallest absolute Gasteiger partial charge is 0.255 e.